The van der Waals surface area contributed by atoms with E-state index in [1.807, 2.05) is 13.8 Å². The number of pyridine rings is 1. The van der Waals surface area contributed by atoms with Gasteiger partial charge >= 0.3 is 6.18 Å². The average Bonchev–Trinajstić information content (AvgIpc) is 3.35. The summed E-state index contributed by atoms with van der Waals surface area (Å²) in [5.41, 5.74) is 8.70. The highest BCUT2D eigenvalue weighted by Gasteiger charge is 2.42. The number of anilines is 1. The van der Waals surface area contributed by atoms with Crippen LogP contribution in [0.5, 0.6) is 0 Å². The Morgan fingerprint density at radius 1 is 1.20 bits per heavy atom. The van der Waals surface area contributed by atoms with E-state index < -0.39 is 35.8 Å². The van der Waals surface area contributed by atoms with E-state index in [4.69, 9.17) is 11.1 Å². The SMILES string of the molecule is CC(C)Cc1nc(NC2CCNC(C(F)(F)F)C2)c(C=N)c(-c2ccc3c(cnn3Cc3ccc(F)c(F)c3)c2)c1C(N)=O. The van der Waals surface area contributed by atoms with Crippen LogP contribution in [-0.2, 0) is 13.0 Å². The first-order chi connectivity index (χ1) is 20.8. The lowest BCUT2D eigenvalue weighted by atomic mass is 9.90. The van der Waals surface area contributed by atoms with Crippen LogP contribution >= 0.6 is 0 Å². The lowest BCUT2D eigenvalue weighted by Gasteiger charge is -2.33. The number of benzene rings is 2. The smallest absolute Gasteiger partial charge is 0.367 e. The highest BCUT2D eigenvalue weighted by atomic mass is 19.4. The predicted octanol–water partition coefficient (Wildman–Crippen LogP) is 5.81. The zero-order chi connectivity index (χ0) is 31.8. The van der Waals surface area contributed by atoms with E-state index in [-0.39, 0.29) is 42.4 Å². The molecule has 0 saturated carbocycles. The van der Waals surface area contributed by atoms with Crippen molar-refractivity contribution in [2.75, 3.05) is 11.9 Å². The molecule has 0 bridgehead atoms. The van der Waals surface area contributed by atoms with Gasteiger partial charge in [0.1, 0.15) is 11.9 Å². The Morgan fingerprint density at radius 3 is 2.64 bits per heavy atom. The normalized spacial score (nSPS) is 17.3. The molecule has 1 aliphatic heterocycles. The Hall–Kier alpha value is -4.39. The first-order valence-corrected chi connectivity index (χ1v) is 14.2. The maximum Gasteiger partial charge on any atom is 0.403 e. The number of carbonyl (C=O) groups is 1. The lowest BCUT2D eigenvalue weighted by molar-refractivity contribution is -0.160. The number of nitrogens with one attached hydrogen (secondary N) is 3. The number of aromatic nitrogens is 3. The minimum Gasteiger partial charge on any atom is -0.367 e. The van der Waals surface area contributed by atoms with Crippen molar-refractivity contribution in [3.63, 3.8) is 0 Å². The van der Waals surface area contributed by atoms with Crippen LogP contribution in [0.2, 0.25) is 0 Å². The van der Waals surface area contributed by atoms with E-state index in [0.29, 0.717) is 46.1 Å². The number of hydrogen-bond acceptors (Lipinski definition) is 6. The van der Waals surface area contributed by atoms with Gasteiger partial charge in [-0.2, -0.15) is 18.3 Å². The third-order valence-corrected chi connectivity index (χ3v) is 7.69. The fourth-order valence-electron chi connectivity index (χ4n) is 5.67. The van der Waals surface area contributed by atoms with Gasteiger partial charge in [-0.05, 0) is 67.1 Å². The zero-order valence-electron chi connectivity index (χ0n) is 24.1. The second-order valence-electron chi connectivity index (χ2n) is 11.4. The molecule has 0 spiro atoms. The van der Waals surface area contributed by atoms with Gasteiger partial charge in [-0.15, -0.1) is 0 Å². The van der Waals surface area contributed by atoms with Crippen LogP contribution in [0.4, 0.5) is 27.8 Å². The van der Waals surface area contributed by atoms with E-state index >= 15 is 0 Å². The first kappa shape index (κ1) is 31.0. The van der Waals surface area contributed by atoms with Crippen molar-refractivity contribution in [2.24, 2.45) is 11.7 Å². The molecule has 0 radical (unpaired) electrons. The van der Waals surface area contributed by atoms with Gasteiger partial charge in [0.2, 0.25) is 0 Å². The molecule has 1 aliphatic rings. The molecule has 232 valence electrons. The van der Waals surface area contributed by atoms with Crippen LogP contribution in [-0.4, -0.2) is 51.7 Å². The maximum absolute atomic E-state index is 13.8. The number of carbonyl (C=O) groups excluding carboxylic acids is 1. The molecule has 1 saturated heterocycles. The summed E-state index contributed by atoms with van der Waals surface area (Å²) in [7, 11) is 0. The van der Waals surface area contributed by atoms with Crippen molar-refractivity contribution >= 4 is 28.8 Å². The molecule has 5 N–H and O–H groups in total. The Balaban J connectivity index is 1.60. The van der Waals surface area contributed by atoms with Crippen LogP contribution in [0.25, 0.3) is 22.0 Å². The Kier molecular flexibility index (Phi) is 8.69. The highest BCUT2D eigenvalue weighted by Crippen LogP contribution is 2.36. The quantitative estimate of drug-likeness (QED) is 0.140. The van der Waals surface area contributed by atoms with Crippen molar-refractivity contribution in [1.82, 2.24) is 20.1 Å². The van der Waals surface area contributed by atoms with Gasteiger partial charge in [0, 0.05) is 28.8 Å². The Bertz CT molecular complexity index is 1720. The number of primary amides is 1. The third-order valence-electron chi connectivity index (χ3n) is 7.69. The minimum absolute atomic E-state index is 0.0673. The second-order valence-corrected chi connectivity index (χ2v) is 11.4. The maximum atomic E-state index is 13.8. The number of nitrogens with zero attached hydrogens (tertiary/aromatic N) is 3. The molecule has 2 unspecified atom stereocenters. The molecule has 1 amide bonds. The topological polar surface area (TPSA) is 122 Å². The van der Waals surface area contributed by atoms with Crippen molar-refractivity contribution < 1.29 is 26.7 Å². The molecule has 5 rings (SSSR count). The van der Waals surface area contributed by atoms with Gasteiger partial charge in [-0.3, -0.25) is 9.48 Å². The lowest BCUT2D eigenvalue weighted by Crippen LogP contribution is -2.50. The molecule has 2 aromatic heterocycles. The van der Waals surface area contributed by atoms with E-state index in [9.17, 15) is 26.7 Å². The Morgan fingerprint density at radius 2 is 1.98 bits per heavy atom. The summed E-state index contributed by atoms with van der Waals surface area (Å²) in [5, 5.41) is 19.0. The molecule has 0 aliphatic carbocycles. The summed E-state index contributed by atoms with van der Waals surface area (Å²) < 4.78 is 69.3. The molecule has 44 heavy (non-hydrogen) atoms. The van der Waals surface area contributed by atoms with Gasteiger partial charge in [-0.1, -0.05) is 26.0 Å². The molecule has 4 aromatic rings. The van der Waals surface area contributed by atoms with E-state index in [1.165, 1.54) is 6.07 Å². The second kappa shape index (κ2) is 12.3. The molecular weight excluding hydrogens is 581 g/mol. The van der Waals surface area contributed by atoms with Crippen molar-refractivity contribution in [3.8, 4) is 11.1 Å². The zero-order valence-corrected chi connectivity index (χ0v) is 24.1. The molecule has 2 aromatic carbocycles. The van der Waals surface area contributed by atoms with Gasteiger partial charge in [-0.25, -0.2) is 13.8 Å². The van der Waals surface area contributed by atoms with E-state index in [0.717, 1.165) is 18.3 Å². The monoisotopic (exact) mass is 613 g/mol. The summed E-state index contributed by atoms with van der Waals surface area (Å²) in [6.07, 6.45) is -1.25. The van der Waals surface area contributed by atoms with Crippen molar-refractivity contribution in [3.05, 3.63) is 76.6 Å². The highest BCUT2D eigenvalue weighted by molar-refractivity contribution is 6.08. The molecule has 3 heterocycles. The largest absolute Gasteiger partial charge is 0.403 e. The van der Waals surface area contributed by atoms with E-state index in [1.54, 1.807) is 29.1 Å². The van der Waals surface area contributed by atoms with Crippen LogP contribution in [0, 0.1) is 23.0 Å². The van der Waals surface area contributed by atoms with Crippen LogP contribution in [0.15, 0.2) is 42.6 Å². The van der Waals surface area contributed by atoms with Crippen LogP contribution < -0.4 is 16.4 Å². The molecular formula is C31H32F5N7O. The number of hydrogen-bond donors (Lipinski definition) is 4. The fourth-order valence-corrected chi connectivity index (χ4v) is 5.67. The molecule has 2 atom stereocenters. The number of piperidine rings is 1. The average molecular weight is 614 g/mol. The Labute approximate surface area is 250 Å². The molecule has 8 nitrogen and oxygen atoms in total. The summed E-state index contributed by atoms with van der Waals surface area (Å²) in [4.78, 5) is 17.6. The number of halogens is 5. The van der Waals surface area contributed by atoms with Crippen molar-refractivity contribution in [2.45, 2.75) is 57.9 Å². The first-order valence-electron chi connectivity index (χ1n) is 14.2. The fraction of sp³-hybridized carbons (Fsp3) is 0.355. The summed E-state index contributed by atoms with van der Waals surface area (Å²) in [6.45, 7) is 4.21. The number of alkyl halides is 3. The molecule has 1 fully saturated rings. The van der Waals surface area contributed by atoms with Gasteiger partial charge in [0.05, 0.1) is 29.5 Å². The minimum atomic E-state index is -4.41. The summed E-state index contributed by atoms with van der Waals surface area (Å²) in [6, 6.07) is 6.62. The summed E-state index contributed by atoms with van der Waals surface area (Å²) in [5.74, 6) is -2.38. The predicted molar refractivity (Wildman–Crippen MR) is 158 cm³/mol. The number of fused-ring (bicyclic) bond motifs is 1. The van der Waals surface area contributed by atoms with Crippen molar-refractivity contribution in [1.29, 1.82) is 5.41 Å². The molecule has 13 heteroatoms. The van der Waals surface area contributed by atoms with Crippen LogP contribution in [0.1, 0.15) is 53.9 Å². The van der Waals surface area contributed by atoms with Gasteiger partial charge in [0.25, 0.3) is 5.91 Å². The number of nitrogens with two attached hydrogens (primary N) is 1. The van der Waals surface area contributed by atoms with E-state index in [2.05, 4.69) is 20.7 Å². The van der Waals surface area contributed by atoms with Crippen LogP contribution in [0.3, 0.4) is 0 Å². The third kappa shape index (κ3) is 6.42. The number of rotatable bonds is 9. The standard InChI is InChI=1S/C31H32F5N7O/c1-16(2)9-24-28(29(38)44)27(21(13-37)30(42-24)41-20-7-8-39-26(12-20)31(34,35)36)18-4-6-25-19(11-18)14-40-43(25)15-17-3-5-22(32)23(33)10-17/h3-6,10-11,13-14,16,20,26,37,39H,7-9,12,15H2,1-2H3,(H2,38,44)(H,41,42). The van der Waals surface area contributed by atoms with Gasteiger partial charge < -0.3 is 21.8 Å². The van der Waals surface area contributed by atoms with Gasteiger partial charge in [0.15, 0.2) is 11.6 Å². The summed E-state index contributed by atoms with van der Waals surface area (Å²) >= 11 is 0. The number of amides is 1.